The maximum absolute atomic E-state index is 5.67. The molecule has 21 aromatic rings. The summed E-state index contributed by atoms with van der Waals surface area (Å²) in [7, 11) is 0. The Labute approximate surface area is 612 Å². The van der Waals surface area contributed by atoms with E-state index in [-0.39, 0.29) is 0 Å². The number of aromatic nitrogens is 6. The SMILES string of the molecule is c1ccc(-c2cc(-c3ccccc3)cc(-c3cccc(-c4cc(-c5cccc(-n6c7ccccc7c7ccc(-c8ccc9c(c8)c8ccccc8n9-c8ccccc8)cc76)c5)nc(-c5cccc(-n6c7ccccc7c7ccc(-c8ccc9c(c8)c8ccccc8n9-c8ccccc8)cc76)c5)n4)c3)c2)cc1. The Bertz CT molecular complexity index is 6660. The largest absolute Gasteiger partial charge is 0.309 e. The van der Waals surface area contributed by atoms with Crippen LogP contribution < -0.4 is 0 Å². The van der Waals surface area contributed by atoms with Crippen molar-refractivity contribution in [2.75, 3.05) is 0 Å². The zero-order valence-electron chi connectivity index (χ0n) is 57.6. The lowest BCUT2D eigenvalue weighted by atomic mass is 9.92. The molecule has 106 heavy (non-hydrogen) atoms. The van der Waals surface area contributed by atoms with Crippen molar-refractivity contribution in [3.63, 3.8) is 0 Å². The fourth-order valence-corrected chi connectivity index (χ4v) is 16.6. The average molecular weight is 1350 g/mol. The van der Waals surface area contributed by atoms with Crippen LogP contribution in [0.3, 0.4) is 0 Å². The van der Waals surface area contributed by atoms with E-state index in [0.29, 0.717) is 5.82 Å². The molecule has 16 aromatic carbocycles. The molecule has 494 valence electrons. The molecule has 6 nitrogen and oxygen atoms in total. The molecule has 0 fully saturated rings. The third-order valence-corrected chi connectivity index (χ3v) is 21.5. The Morgan fingerprint density at radius 3 is 0.887 bits per heavy atom. The highest BCUT2D eigenvalue weighted by molar-refractivity contribution is 6.15. The van der Waals surface area contributed by atoms with Gasteiger partial charge in [-0.3, -0.25) is 0 Å². The van der Waals surface area contributed by atoms with Crippen molar-refractivity contribution >= 4 is 87.2 Å². The second-order valence-corrected chi connectivity index (χ2v) is 27.7. The van der Waals surface area contributed by atoms with Crippen LogP contribution in [0.15, 0.2) is 388 Å². The van der Waals surface area contributed by atoms with E-state index >= 15 is 0 Å². The summed E-state index contributed by atoms with van der Waals surface area (Å²) in [5.41, 5.74) is 29.5. The minimum Gasteiger partial charge on any atom is -0.309 e. The van der Waals surface area contributed by atoms with Crippen LogP contribution in [0.2, 0.25) is 0 Å². The first kappa shape index (κ1) is 60.6. The first-order valence-electron chi connectivity index (χ1n) is 36.3. The van der Waals surface area contributed by atoms with Gasteiger partial charge in [0.05, 0.1) is 55.5 Å². The van der Waals surface area contributed by atoms with Crippen molar-refractivity contribution in [1.29, 1.82) is 0 Å². The van der Waals surface area contributed by atoms with E-state index in [1.807, 2.05) is 0 Å². The zero-order chi connectivity index (χ0) is 69.8. The summed E-state index contributed by atoms with van der Waals surface area (Å²) in [4.78, 5) is 11.3. The van der Waals surface area contributed by atoms with Gasteiger partial charge in [-0.05, 0) is 195 Å². The van der Waals surface area contributed by atoms with Gasteiger partial charge < -0.3 is 18.3 Å². The van der Waals surface area contributed by atoms with Crippen LogP contribution in [0.4, 0.5) is 0 Å². The van der Waals surface area contributed by atoms with E-state index in [1.165, 1.54) is 65.2 Å². The Morgan fingerprint density at radius 2 is 0.425 bits per heavy atom. The molecule has 0 spiro atoms. The highest BCUT2D eigenvalue weighted by atomic mass is 15.0. The molecule has 0 aliphatic carbocycles. The predicted octanol–water partition coefficient (Wildman–Crippen LogP) is 26.2. The zero-order valence-corrected chi connectivity index (χ0v) is 57.6. The summed E-state index contributed by atoms with van der Waals surface area (Å²) >= 11 is 0. The molecule has 0 N–H and O–H groups in total. The molecule has 0 saturated heterocycles. The molecular weight excluding hydrogens is 1290 g/mol. The molecule has 0 aliphatic rings. The van der Waals surface area contributed by atoms with Gasteiger partial charge >= 0.3 is 0 Å². The monoisotopic (exact) mass is 1350 g/mol. The number of benzene rings is 16. The molecule has 0 amide bonds. The second kappa shape index (κ2) is 24.8. The molecule has 6 heteroatoms. The first-order valence-corrected chi connectivity index (χ1v) is 36.3. The van der Waals surface area contributed by atoms with E-state index in [0.717, 1.165) is 129 Å². The van der Waals surface area contributed by atoms with E-state index in [4.69, 9.17) is 9.97 Å². The summed E-state index contributed by atoms with van der Waals surface area (Å²) in [6, 6.07) is 141. The lowest BCUT2D eigenvalue weighted by Crippen LogP contribution is -1.99. The van der Waals surface area contributed by atoms with Crippen molar-refractivity contribution in [3.8, 4) is 112 Å². The highest BCUT2D eigenvalue weighted by Crippen LogP contribution is 2.44. The molecule has 0 saturated carbocycles. The Balaban J connectivity index is 0.717. The van der Waals surface area contributed by atoms with Crippen LogP contribution >= 0.6 is 0 Å². The van der Waals surface area contributed by atoms with Crippen molar-refractivity contribution < 1.29 is 0 Å². The van der Waals surface area contributed by atoms with Gasteiger partial charge in [-0.25, -0.2) is 9.97 Å². The fourth-order valence-electron chi connectivity index (χ4n) is 16.6. The number of fused-ring (bicyclic) bond motifs is 12. The second-order valence-electron chi connectivity index (χ2n) is 27.7. The van der Waals surface area contributed by atoms with E-state index < -0.39 is 0 Å². The van der Waals surface area contributed by atoms with E-state index in [9.17, 15) is 0 Å². The maximum Gasteiger partial charge on any atom is 0.160 e. The maximum atomic E-state index is 5.67. The smallest absolute Gasteiger partial charge is 0.160 e. The lowest BCUT2D eigenvalue weighted by Gasteiger charge is -2.15. The molecule has 0 unspecified atom stereocenters. The summed E-state index contributed by atoms with van der Waals surface area (Å²) in [5.74, 6) is 0.623. The van der Waals surface area contributed by atoms with Crippen molar-refractivity contribution in [2.24, 2.45) is 0 Å². The van der Waals surface area contributed by atoms with Crippen LogP contribution in [0.1, 0.15) is 0 Å². The Morgan fingerprint density at radius 1 is 0.142 bits per heavy atom. The Hall–Kier alpha value is -14.2. The molecule has 0 atom stereocenters. The molecule has 5 heterocycles. The number of para-hydroxylation sites is 6. The molecule has 0 bridgehead atoms. The third-order valence-electron chi connectivity index (χ3n) is 21.5. The van der Waals surface area contributed by atoms with Crippen molar-refractivity contribution in [2.45, 2.75) is 0 Å². The van der Waals surface area contributed by atoms with Crippen LogP contribution in [0.25, 0.3) is 200 Å². The van der Waals surface area contributed by atoms with Crippen LogP contribution in [0, 0.1) is 0 Å². The van der Waals surface area contributed by atoms with Crippen LogP contribution in [-0.2, 0) is 0 Å². The highest BCUT2D eigenvalue weighted by Gasteiger charge is 2.22. The third kappa shape index (κ3) is 10.2. The molecule has 5 aromatic heterocycles. The lowest BCUT2D eigenvalue weighted by molar-refractivity contribution is 1.15. The van der Waals surface area contributed by atoms with Crippen molar-refractivity contribution in [1.82, 2.24) is 28.2 Å². The fraction of sp³-hybridized carbons (Fsp3) is 0. The van der Waals surface area contributed by atoms with Crippen molar-refractivity contribution in [3.05, 3.63) is 388 Å². The average Bonchev–Trinajstić information content (AvgIpc) is 1.59. The summed E-state index contributed by atoms with van der Waals surface area (Å²) in [5, 5.41) is 9.64. The van der Waals surface area contributed by atoms with Crippen LogP contribution in [-0.4, -0.2) is 28.2 Å². The number of nitrogens with zero attached hydrogens (tertiary/aromatic N) is 6. The number of hydrogen-bond donors (Lipinski definition) is 0. The van der Waals surface area contributed by atoms with Gasteiger partial charge in [-0.2, -0.15) is 0 Å². The molecule has 0 radical (unpaired) electrons. The standard InChI is InChI=1S/C100H64N6/c1-5-24-65(25-6-1)75-55-76(66-26-7-2-8-27-66)57-77(56-75)67-28-21-29-72(54-67)90-64-91(73-30-22-36-80(58-73)105-92-42-17-13-38-82(92)86-50-46-70(62-98(86)105)68-48-52-96-88(60-68)84-40-15-19-44-94(84)103(96)78-32-9-3-10-33-78)102-100(101-90)74-31-23-37-81(59-74)106-93-43-18-14-39-83(93)87-51-47-71(63-99(87)106)69-49-53-97-89(61-69)85-41-16-20-45-95(85)104(97)79-34-11-4-12-35-79/h1-64H. The number of hydrogen-bond acceptors (Lipinski definition) is 2. The van der Waals surface area contributed by atoms with Gasteiger partial charge in [0.2, 0.25) is 0 Å². The number of rotatable bonds is 12. The van der Waals surface area contributed by atoms with E-state index in [1.54, 1.807) is 0 Å². The van der Waals surface area contributed by atoms with Gasteiger partial charge in [0.25, 0.3) is 0 Å². The van der Waals surface area contributed by atoms with E-state index in [2.05, 4.69) is 407 Å². The molecular formula is C100H64N6. The molecule has 0 aliphatic heterocycles. The summed E-state index contributed by atoms with van der Waals surface area (Å²) < 4.78 is 9.61. The normalized spacial score (nSPS) is 11.8. The summed E-state index contributed by atoms with van der Waals surface area (Å²) in [6.07, 6.45) is 0. The quantitative estimate of drug-likeness (QED) is 0.122. The van der Waals surface area contributed by atoms with Gasteiger partial charge in [0, 0.05) is 82.5 Å². The predicted molar refractivity (Wildman–Crippen MR) is 443 cm³/mol. The Kier molecular flexibility index (Phi) is 14.2. The van der Waals surface area contributed by atoms with Gasteiger partial charge in [0.15, 0.2) is 5.82 Å². The first-order chi connectivity index (χ1) is 52.5. The topological polar surface area (TPSA) is 45.5 Å². The molecule has 21 rings (SSSR count). The minimum absolute atomic E-state index is 0.623. The van der Waals surface area contributed by atoms with Gasteiger partial charge in [-0.1, -0.05) is 249 Å². The minimum atomic E-state index is 0.623. The van der Waals surface area contributed by atoms with Gasteiger partial charge in [0.1, 0.15) is 0 Å². The van der Waals surface area contributed by atoms with Crippen LogP contribution in [0.5, 0.6) is 0 Å². The van der Waals surface area contributed by atoms with Gasteiger partial charge in [-0.15, -0.1) is 0 Å². The summed E-state index contributed by atoms with van der Waals surface area (Å²) in [6.45, 7) is 0.